The second-order valence-electron chi connectivity index (χ2n) is 9.58. The Hall–Kier alpha value is -3.36. The Morgan fingerprint density at radius 2 is 1.86 bits per heavy atom. The van der Waals surface area contributed by atoms with E-state index in [4.69, 9.17) is 4.98 Å². The van der Waals surface area contributed by atoms with Crippen LogP contribution in [0, 0.1) is 11.3 Å². The normalized spacial score (nSPS) is 16.9. The number of aromatic nitrogens is 2. The highest BCUT2D eigenvalue weighted by atomic mass is 32.2. The fourth-order valence-electron chi connectivity index (χ4n) is 5.82. The number of nitriles is 1. The third-order valence-corrected chi connectivity index (χ3v) is 8.48. The van der Waals surface area contributed by atoms with Gasteiger partial charge in [0.1, 0.15) is 11.1 Å². The van der Waals surface area contributed by atoms with Gasteiger partial charge in [-0.2, -0.15) is 5.26 Å². The first-order valence-corrected chi connectivity index (χ1v) is 13.5. The lowest BCUT2D eigenvalue weighted by molar-refractivity contribution is 0.0943. The van der Waals surface area contributed by atoms with Gasteiger partial charge in [0.25, 0.3) is 0 Å². The average molecular weight is 478 g/mol. The minimum Gasteiger partial charge on any atom is -0.283 e. The molecule has 5 heteroatoms. The first kappa shape index (κ1) is 22.1. The van der Waals surface area contributed by atoms with Crippen molar-refractivity contribution in [1.29, 1.82) is 5.26 Å². The summed E-state index contributed by atoms with van der Waals surface area (Å²) in [4.78, 5) is 18.4. The molecule has 2 aliphatic rings. The highest BCUT2D eigenvalue weighted by Crippen LogP contribution is 2.35. The number of thioether (sulfide) groups is 1. The highest BCUT2D eigenvalue weighted by molar-refractivity contribution is 8.00. The molecule has 0 saturated heterocycles. The first-order chi connectivity index (χ1) is 17.2. The maximum atomic E-state index is 13.5. The van der Waals surface area contributed by atoms with Gasteiger partial charge < -0.3 is 0 Å². The Labute approximate surface area is 210 Å². The van der Waals surface area contributed by atoms with Crippen molar-refractivity contribution in [1.82, 2.24) is 9.55 Å². The van der Waals surface area contributed by atoms with Gasteiger partial charge in [0.2, 0.25) is 5.91 Å². The molecule has 4 nitrogen and oxygen atoms in total. The number of pyridine rings is 1. The van der Waals surface area contributed by atoms with Crippen LogP contribution in [0.5, 0.6) is 0 Å². The molecule has 2 heterocycles. The van der Waals surface area contributed by atoms with Crippen LogP contribution in [-0.4, -0.2) is 21.2 Å². The standard InChI is InChI=1S/C30H27N3OS/c31-18-23-17-22-16-21(20-8-2-1-3-9-20)14-15-26(22)32-30(23)35-19-29(34)33-27-12-6-4-10-24(27)25-11-5-7-13-28(25)33/h1-4,6,8-10,12,17,21H,5,7,11,13-16,19H2. The Kier molecular flexibility index (Phi) is 5.91. The molecule has 4 aromatic rings. The fourth-order valence-corrected chi connectivity index (χ4v) is 6.64. The van der Waals surface area contributed by atoms with Gasteiger partial charge in [-0.05, 0) is 79.7 Å². The molecule has 0 bridgehead atoms. The number of rotatable bonds is 4. The predicted octanol–water partition coefficient (Wildman–Crippen LogP) is 6.49. The quantitative estimate of drug-likeness (QED) is 0.315. The van der Waals surface area contributed by atoms with Crippen LogP contribution in [0.3, 0.4) is 0 Å². The first-order valence-electron chi connectivity index (χ1n) is 12.5. The molecule has 1 atom stereocenters. The van der Waals surface area contributed by atoms with Crippen LogP contribution >= 0.6 is 11.8 Å². The number of carbonyl (C=O) groups excluding carboxylic acids is 1. The van der Waals surface area contributed by atoms with Crippen LogP contribution in [-0.2, 0) is 25.7 Å². The van der Waals surface area contributed by atoms with Crippen molar-refractivity contribution >= 4 is 28.6 Å². The number of para-hydroxylation sites is 1. The highest BCUT2D eigenvalue weighted by Gasteiger charge is 2.25. The Balaban J connectivity index is 1.25. The lowest BCUT2D eigenvalue weighted by atomic mass is 9.82. The lowest BCUT2D eigenvalue weighted by Gasteiger charge is -2.25. The molecule has 6 rings (SSSR count). The van der Waals surface area contributed by atoms with Crippen molar-refractivity contribution in [2.75, 3.05) is 5.75 Å². The van der Waals surface area contributed by atoms with Gasteiger partial charge in [-0.25, -0.2) is 4.98 Å². The summed E-state index contributed by atoms with van der Waals surface area (Å²) in [5.74, 6) is 0.810. The zero-order valence-electron chi connectivity index (χ0n) is 19.7. The molecule has 0 aliphatic heterocycles. The number of fused-ring (bicyclic) bond motifs is 4. The molecule has 1 unspecified atom stereocenters. The summed E-state index contributed by atoms with van der Waals surface area (Å²) in [7, 11) is 0. The molecule has 35 heavy (non-hydrogen) atoms. The van der Waals surface area contributed by atoms with Crippen LogP contribution in [0.1, 0.15) is 63.6 Å². The summed E-state index contributed by atoms with van der Waals surface area (Å²) in [6.45, 7) is 0. The summed E-state index contributed by atoms with van der Waals surface area (Å²) in [5, 5.41) is 11.7. The van der Waals surface area contributed by atoms with Crippen molar-refractivity contribution in [3.05, 3.63) is 94.3 Å². The minimum atomic E-state index is 0.0712. The summed E-state index contributed by atoms with van der Waals surface area (Å²) in [6, 6.07) is 23.2. The van der Waals surface area contributed by atoms with Gasteiger partial charge in [-0.15, -0.1) is 0 Å². The van der Waals surface area contributed by atoms with E-state index in [9.17, 15) is 10.1 Å². The summed E-state index contributed by atoms with van der Waals surface area (Å²) in [5.41, 5.74) is 7.70. The summed E-state index contributed by atoms with van der Waals surface area (Å²) in [6.07, 6.45) is 7.16. The fraction of sp³-hybridized carbons (Fsp3) is 0.300. The largest absolute Gasteiger partial charge is 0.283 e. The Morgan fingerprint density at radius 3 is 2.71 bits per heavy atom. The van der Waals surface area contributed by atoms with E-state index < -0.39 is 0 Å². The van der Waals surface area contributed by atoms with E-state index in [-0.39, 0.29) is 11.7 Å². The van der Waals surface area contributed by atoms with Crippen LogP contribution in [0.2, 0.25) is 0 Å². The second kappa shape index (κ2) is 9.36. The Morgan fingerprint density at radius 1 is 1.06 bits per heavy atom. The van der Waals surface area contributed by atoms with Gasteiger partial charge in [-0.1, -0.05) is 60.3 Å². The molecule has 174 valence electrons. The molecular weight excluding hydrogens is 450 g/mol. The van der Waals surface area contributed by atoms with Crippen molar-refractivity contribution in [2.24, 2.45) is 0 Å². The van der Waals surface area contributed by atoms with E-state index in [1.807, 2.05) is 22.8 Å². The van der Waals surface area contributed by atoms with E-state index in [0.29, 0.717) is 16.5 Å². The van der Waals surface area contributed by atoms with E-state index >= 15 is 0 Å². The molecule has 0 fully saturated rings. The SMILES string of the molecule is N#Cc1cc2c(nc1SCC(=O)n1c3c(c4ccccc41)CCCC3)CCC(c1ccccc1)C2. The number of hydrogen-bond donors (Lipinski definition) is 0. The molecule has 2 aromatic carbocycles. The smallest absolute Gasteiger partial charge is 0.241 e. The van der Waals surface area contributed by atoms with Gasteiger partial charge in [0, 0.05) is 16.8 Å². The van der Waals surface area contributed by atoms with Crippen LogP contribution in [0.25, 0.3) is 10.9 Å². The lowest BCUT2D eigenvalue weighted by Crippen LogP contribution is -2.18. The topological polar surface area (TPSA) is 58.7 Å². The van der Waals surface area contributed by atoms with E-state index in [0.717, 1.165) is 49.7 Å². The van der Waals surface area contributed by atoms with Crippen LogP contribution in [0.4, 0.5) is 0 Å². The molecule has 0 N–H and O–H groups in total. The van der Waals surface area contributed by atoms with Crippen LogP contribution < -0.4 is 0 Å². The molecule has 0 radical (unpaired) electrons. The molecule has 2 aliphatic carbocycles. The maximum Gasteiger partial charge on any atom is 0.241 e. The monoisotopic (exact) mass is 477 g/mol. The van der Waals surface area contributed by atoms with Gasteiger partial charge >= 0.3 is 0 Å². The zero-order chi connectivity index (χ0) is 23.8. The van der Waals surface area contributed by atoms with Crippen molar-refractivity contribution in [3.63, 3.8) is 0 Å². The third-order valence-electron chi connectivity index (χ3n) is 7.50. The number of carbonyl (C=O) groups is 1. The van der Waals surface area contributed by atoms with E-state index in [1.165, 1.54) is 46.0 Å². The Bertz CT molecular complexity index is 1460. The van der Waals surface area contributed by atoms with Gasteiger partial charge in [0.15, 0.2) is 0 Å². The van der Waals surface area contributed by atoms with E-state index in [1.54, 1.807) is 0 Å². The van der Waals surface area contributed by atoms with Crippen LogP contribution in [0.15, 0.2) is 65.7 Å². The van der Waals surface area contributed by atoms with E-state index in [2.05, 4.69) is 48.5 Å². The number of aryl methyl sites for hydroxylation is 2. The van der Waals surface area contributed by atoms with Gasteiger partial charge in [0.05, 0.1) is 16.8 Å². The molecular formula is C30H27N3OS. The third kappa shape index (κ3) is 4.06. The molecule has 0 amide bonds. The van der Waals surface area contributed by atoms with Crippen molar-refractivity contribution in [3.8, 4) is 6.07 Å². The second-order valence-corrected chi connectivity index (χ2v) is 10.5. The predicted molar refractivity (Wildman–Crippen MR) is 140 cm³/mol. The molecule has 2 aromatic heterocycles. The number of nitrogens with zero attached hydrogens (tertiary/aromatic N) is 3. The van der Waals surface area contributed by atoms with Gasteiger partial charge in [-0.3, -0.25) is 9.36 Å². The van der Waals surface area contributed by atoms with Crippen molar-refractivity contribution in [2.45, 2.75) is 55.9 Å². The van der Waals surface area contributed by atoms with Crippen molar-refractivity contribution < 1.29 is 4.79 Å². The summed E-state index contributed by atoms with van der Waals surface area (Å²) >= 11 is 1.40. The molecule has 0 spiro atoms. The average Bonchev–Trinajstić information content (AvgIpc) is 3.26. The zero-order valence-corrected chi connectivity index (χ0v) is 20.5. The number of hydrogen-bond acceptors (Lipinski definition) is 4. The molecule has 0 saturated carbocycles. The minimum absolute atomic E-state index is 0.0712. The number of benzene rings is 2. The summed E-state index contributed by atoms with van der Waals surface area (Å²) < 4.78 is 1.94. The maximum absolute atomic E-state index is 13.5.